The van der Waals surface area contributed by atoms with E-state index in [0.717, 1.165) is 5.69 Å². The Kier molecular flexibility index (Phi) is 5.52. The van der Waals surface area contributed by atoms with E-state index >= 15 is 0 Å². The Labute approximate surface area is 94.3 Å². The summed E-state index contributed by atoms with van der Waals surface area (Å²) in [6.45, 7) is 3.73. The Morgan fingerprint density at radius 3 is 3.06 bits per heavy atom. The summed E-state index contributed by atoms with van der Waals surface area (Å²) in [6.07, 6.45) is 0. The van der Waals surface area contributed by atoms with Gasteiger partial charge in [0.2, 0.25) is 5.91 Å². The van der Waals surface area contributed by atoms with Crippen LogP contribution in [0.1, 0.15) is 11.5 Å². The monoisotopic (exact) mass is 227 g/mol. The smallest absolute Gasteiger partial charge is 0.234 e. The van der Waals surface area contributed by atoms with Gasteiger partial charge in [-0.15, -0.1) is 0 Å². The predicted octanol–water partition coefficient (Wildman–Crippen LogP) is -0.165. The van der Waals surface area contributed by atoms with Crippen molar-refractivity contribution < 1.29 is 14.1 Å². The molecule has 1 aromatic rings. The van der Waals surface area contributed by atoms with Crippen LogP contribution in [0.15, 0.2) is 10.6 Å². The van der Waals surface area contributed by atoms with E-state index < -0.39 is 0 Å². The second-order valence-electron chi connectivity index (χ2n) is 3.38. The number of nitrogens with zero attached hydrogens (tertiary/aromatic N) is 1. The SMILES string of the molecule is COCCNCC(=O)NCc1cc(C)no1. The number of aromatic nitrogens is 1. The molecule has 0 saturated carbocycles. The number of aryl methyl sites for hydroxylation is 1. The number of ether oxygens (including phenoxy) is 1. The van der Waals surface area contributed by atoms with Gasteiger partial charge in [-0.25, -0.2) is 0 Å². The van der Waals surface area contributed by atoms with Gasteiger partial charge in [0.15, 0.2) is 5.76 Å². The molecule has 0 aliphatic carbocycles. The summed E-state index contributed by atoms with van der Waals surface area (Å²) in [5, 5.41) is 9.38. The largest absolute Gasteiger partial charge is 0.383 e. The van der Waals surface area contributed by atoms with Crippen LogP contribution >= 0.6 is 0 Å². The molecule has 0 bridgehead atoms. The van der Waals surface area contributed by atoms with Gasteiger partial charge in [0.05, 0.1) is 25.4 Å². The third-order valence-electron chi connectivity index (χ3n) is 1.91. The van der Waals surface area contributed by atoms with Crippen molar-refractivity contribution in [1.29, 1.82) is 0 Å². The molecule has 1 heterocycles. The highest BCUT2D eigenvalue weighted by atomic mass is 16.5. The van der Waals surface area contributed by atoms with Gasteiger partial charge in [0.1, 0.15) is 0 Å². The normalized spacial score (nSPS) is 10.4. The Hall–Kier alpha value is -1.40. The van der Waals surface area contributed by atoms with Crippen LogP contribution in [-0.2, 0) is 16.1 Å². The molecule has 0 aromatic carbocycles. The van der Waals surface area contributed by atoms with E-state index in [9.17, 15) is 4.79 Å². The number of carbonyl (C=O) groups excluding carboxylic acids is 1. The first-order valence-corrected chi connectivity index (χ1v) is 5.11. The lowest BCUT2D eigenvalue weighted by Crippen LogP contribution is -2.34. The van der Waals surface area contributed by atoms with Crippen LogP contribution in [0.25, 0.3) is 0 Å². The zero-order valence-corrected chi connectivity index (χ0v) is 9.58. The Bertz CT molecular complexity index is 325. The van der Waals surface area contributed by atoms with Gasteiger partial charge in [0.25, 0.3) is 0 Å². The topological polar surface area (TPSA) is 76.4 Å². The Morgan fingerprint density at radius 2 is 2.44 bits per heavy atom. The standard InChI is InChI=1S/C10H17N3O3/c1-8-5-9(16-13-8)6-12-10(14)7-11-3-4-15-2/h5,11H,3-4,6-7H2,1-2H3,(H,12,14). The van der Waals surface area contributed by atoms with Crippen molar-refractivity contribution in [3.8, 4) is 0 Å². The molecule has 0 unspecified atom stereocenters. The second kappa shape index (κ2) is 6.97. The molecule has 0 aliphatic heterocycles. The number of carbonyl (C=O) groups is 1. The molecule has 0 radical (unpaired) electrons. The summed E-state index contributed by atoms with van der Waals surface area (Å²) in [7, 11) is 1.62. The Balaban J connectivity index is 2.10. The highest BCUT2D eigenvalue weighted by molar-refractivity contribution is 5.77. The fourth-order valence-electron chi connectivity index (χ4n) is 1.12. The number of methoxy groups -OCH3 is 1. The van der Waals surface area contributed by atoms with E-state index in [1.54, 1.807) is 13.2 Å². The van der Waals surface area contributed by atoms with Crippen LogP contribution in [-0.4, -0.2) is 37.9 Å². The molecule has 2 N–H and O–H groups in total. The summed E-state index contributed by atoms with van der Waals surface area (Å²) < 4.78 is 9.79. The Morgan fingerprint density at radius 1 is 1.62 bits per heavy atom. The van der Waals surface area contributed by atoms with Crippen LogP contribution in [0.3, 0.4) is 0 Å². The molecule has 90 valence electrons. The fourth-order valence-corrected chi connectivity index (χ4v) is 1.12. The molecule has 0 atom stereocenters. The van der Waals surface area contributed by atoms with Crippen molar-refractivity contribution in [2.75, 3.05) is 26.8 Å². The maximum absolute atomic E-state index is 11.3. The van der Waals surface area contributed by atoms with Gasteiger partial charge < -0.3 is 19.9 Å². The van der Waals surface area contributed by atoms with Crippen molar-refractivity contribution in [2.24, 2.45) is 0 Å². The maximum atomic E-state index is 11.3. The average molecular weight is 227 g/mol. The van der Waals surface area contributed by atoms with Gasteiger partial charge in [-0.3, -0.25) is 4.79 Å². The van der Waals surface area contributed by atoms with Crippen LogP contribution in [0.5, 0.6) is 0 Å². The molecule has 1 aromatic heterocycles. The van der Waals surface area contributed by atoms with Crippen molar-refractivity contribution in [3.63, 3.8) is 0 Å². The van der Waals surface area contributed by atoms with E-state index in [0.29, 0.717) is 25.5 Å². The lowest BCUT2D eigenvalue weighted by Gasteiger charge is -2.04. The van der Waals surface area contributed by atoms with Crippen LogP contribution < -0.4 is 10.6 Å². The first-order chi connectivity index (χ1) is 7.72. The lowest BCUT2D eigenvalue weighted by molar-refractivity contribution is -0.120. The number of rotatable bonds is 7. The van der Waals surface area contributed by atoms with Crippen LogP contribution in [0.2, 0.25) is 0 Å². The molecule has 6 nitrogen and oxygen atoms in total. The van der Waals surface area contributed by atoms with Gasteiger partial charge in [0, 0.05) is 19.7 Å². The molecule has 6 heteroatoms. The fraction of sp³-hybridized carbons (Fsp3) is 0.600. The highest BCUT2D eigenvalue weighted by Crippen LogP contribution is 2.00. The third kappa shape index (κ3) is 4.90. The minimum absolute atomic E-state index is 0.0786. The molecule has 0 fully saturated rings. The summed E-state index contributed by atoms with van der Waals surface area (Å²) in [6, 6.07) is 1.79. The predicted molar refractivity (Wildman–Crippen MR) is 57.8 cm³/mol. The summed E-state index contributed by atoms with van der Waals surface area (Å²) in [4.78, 5) is 11.3. The summed E-state index contributed by atoms with van der Waals surface area (Å²) in [5.74, 6) is 0.577. The molecule has 0 aliphatic rings. The lowest BCUT2D eigenvalue weighted by atomic mass is 10.4. The average Bonchev–Trinajstić information content (AvgIpc) is 2.68. The summed E-state index contributed by atoms with van der Waals surface area (Å²) >= 11 is 0. The van der Waals surface area contributed by atoms with E-state index in [4.69, 9.17) is 9.26 Å². The molecule has 1 rings (SSSR count). The van der Waals surface area contributed by atoms with Crippen molar-refractivity contribution in [2.45, 2.75) is 13.5 Å². The zero-order chi connectivity index (χ0) is 11.8. The maximum Gasteiger partial charge on any atom is 0.234 e. The van der Waals surface area contributed by atoms with Crippen LogP contribution in [0, 0.1) is 6.92 Å². The van der Waals surface area contributed by atoms with Crippen molar-refractivity contribution >= 4 is 5.91 Å². The molecule has 1 amide bonds. The van der Waals surface area contributed by atoms with Gasteiger partial charge in [-0.05, 0) is 6.92 Å². The number of amides is 1. The number of hydrogen-bond acceptors (Lipinski definition) is 5. The molecule has 16 heavy (non-hydrogen) atoms. The van der Waals surface area contributed by atoms with Crippen molar-refractivity contribution in [1.82, 2.24) is 15.8 Å². The quantitative estimate of drug-likeness (QED) is 0.633. The van der Waals surface area contributed by atoms with Gasteiger partial charge in [-0.1, -0.05) is 5.16 Å². The van der Waals surface area contributed by atoms with E-state index in [1.165, 1.54) is 0 Å². The summed E-state index contributed by atoms with van der Waals surface area (Å²) in [5.41, 5.74) is 0.808. The highest BCUT2D eigenvalue weighted by Gasteiger charge is 2.03. The minimum atomic E-state index is -0.0786. The zero-order valence-electron chi connectivity index (χ0n) is 9.58. The van der Waals surface area contributed by atoms with Gasteiger partial charge >= 0.3 is 0 Å². The van der Waals surface area contributed by atoms with E-state index in [1.807, 2.05) is 6.92 Å². The van der Waals surface area contributed by atoms with Crippen molar-refractivity contribution in [3.05, 3.63) is 17.5 Å². The first kappa shape index (κ1) is 12.7. The molecular weight excluding hydrogens is 210 g/mol. The minimum Gasteiger partial charge on any atom is -0.383 e. The number of hydrogen-bond donors (Lipinski definition) is 2. The molecule has 0 spiro atoms. The number of nitrogens with one attached hydrogen (secondary N) is 2. The molecular formula is C10H17N3O3. The second-order valence-corrected chi connectivity index (χ2v) is 3.38. The van der Waals surface area contributed by atoms with Crippen LogP contribution in [0.4, 0.5) is 0 Å². The van der Waals surface area contributed by atoms with Gasteiger partial charge in [-0.2, -0.15) is 0 Å². The van der Waals surface area contributed by atoms with E-state index in [-0.39, 0.29) is 12.5 Å². The third-order valence-corrected chi connectivity index (χ3v) is 1.91. The first-order valence-electron chi connectivity index (χ1n) is 5.11. The van der Waals surface area contributed by atoms with E-state index in [2.05, 4.69) is 15.8 Å². The molecule has 0 saturated heterocycles.